The number of imidazole rings is 1. The van der Waals surface area contributed by atoms with Crippen LogP contribution < -0.4 is 5.46 Å². The number of hydrogen-bond donors (Lipinski definition) is 1. The molecule has 4 aromatic rings. The Morgan fingerprint density at radius 3 is 2.07 bits per heavy atom. The second-order valence-electron chi connectivity index (χ2n) is 7.33. The summed E-state index contributed by atoms with van der Waals surface area (Å²) in [5.74, 6) is 1.03. The van der Waals surface area contributed by atoms with Crippen molar-refractivity contribution in [3.63, 3.8) is 0 Å². The summed E-state index contributed by atoms with van der Waals surface area (Å²) in [6.07, 6.45) is 5.56. The Labute approximate surface area is 175 Å². The number of nitrogens with zero attached hydrogens (tertiary/aromatic N) is 1. The average Bonchev–Trinajstić information content (AvgIpc) is 3.25. The van der Waals surface area contributed by atoms with Gasteiger partial charge in [-0.1, -0.05) is 83.8 Å². The molecule has 0 bridgehead atoms. The summed E-state index contributed by atoms with van der Waals surface area (Å²) in [6, 6.07) is 25.4. The largest absolute Gasteiger partial charge is 0.348 e. The van der Waals surface area contributed by atoms with Gasteiger partial charge in [0.1, 0.15) is 5.82 Å². The highest BCUT2D eigenvalue weighted by atomic mass is 14.9. The zero-order valence-electron chi connectivity index (χ0n) is 17.5. The Morgan fingerprint density at radius 1 is 0.759 bits per heavy atom. The van der Waals surface area contributed by atoms with Gasteiger partial charge in [-0.3, -0.25) is 0 Å². The van der Waals surface area contributed by atoms with Crippen LogP contribution in [0.25, 0.3) is 0 Å². The summed E-state index contributed by atoms with van der Waals surface area (Å²) in [5.41, 5.74) is 8.11. The third-order valence-electron chi connectivity index (χ3n) is 5.16. The van der Waals surface area contributed by atoms with Crippen molar-refractivity contribution in [1.29, 1.82) is 0 Å². The van der Waals surface area contributed by atoms with E-state index in [9.17, 15) is 0 Å². The Kier molecular flexibility index (Phi) is 7.46. The molecule has 0 saturated carbocycles. The second-order valence-corrected chi connectivity index (χ2v) is 7.33. The number of benzene rings is 3. The maximum atomic E-state index is 4.24. The molecular weight excluding hydrogens is 351 g/mol. The number of H-pyrrole nitrogens is 1. The summed E-state index contributed by atoms with van der Waals surface area (Å²) >= 11 is 0. The van der Waals surface area contributed by atoms with Gasteiger partial charge in [0.2, 0.25) is 0 Å². The quantitative estimate of drug-likeness (QED) is 0.478. The van der Waals surface area contributed by atoms with Gasteiger partial charge < -0.3 is 4.98 Å². The number of rotatable bonds is 5. The van der Waals surface area contributed by atoms with E-state index < -0.39 is 0 Å². The van der Waals surface area contributed by atoms with Crippen LogP contribution in [-0.4, -0.2) is 17.2 Å². The van der Waals surface area contributed by atoms with E-state index in [1.54, 1.807) is 6.20 Å². The molecule has 0 fully saturated rings. The van der Waals surface area contributed by atoms with Crippen molar-refractivity contribution in [1.82, 2.24) is 9.97 Å². The predicted octanol–water partition coefficient (Wildman–Crippen LogP) is 5.14. The Bertz CT molecular complexity index is 988. The van der Waals surface area contributed by atoms with E-state index in [4.69, 9.17) is 0 Å². The van der Waals surface area contributed by atoms with Crippen LogP contribution in [0.4, 0.5) is 0 Å². The summed E-state index contributed by atoms with van der Waals surface area (Å²) in [7, 11) is 2.27. The van der Waals surface area contributed by atoms with Crippen LogP contribution in [0.15, 0.2) is 85.2 Å². The van der Waals surface area contributed by atoms with Crippen LogP contribution >= 0.6 is 0 Å². The molecule has 1 radical (unpaired) electrons. The third-order valence-corrected chi connectivity index (χ3v) is 5.16. The van der Waals surface area contributed by atoms with Crippen molar-refractivity contribution < 1.29 is 0 Å². The zero-order chi connectivity index (χ0) is 20.5. The number of hydrogen-bond acceptors (Lipinski definition) is 1. The molecule has 0 spiro atoms. The first kappa shape index (κ1) is 20.7. The lowest BCUT2D eigenvalue weighted by molar-refractivity contribution is 1.00. The maximum absolute atomic E-state index is 4.24. The lowest BCUT2D eigenvalue weighted by Crippen LogP contribution is -2.16. The molecule has 29 heavy (non-hydrogen) atoms. The summed E-state index contributed by atoms with van der Waals surface area (Å²) in [6.45, 7) is 6.45. The van der Waals surface area contributed by atoms with Gasteiger partial charge >= 0.3 is 0 Å². The smallest absolute Gasteiger partial charge is 0.156 e. The summed E-state index contributed by atoms with van der Waals surface area (Å²) < 4.78 is 0. The van der Waals surface area contributed by atoms with Crippen LogP contribution in [0.3, 0.4) is 0 Å². The van der Waals surface area contributed by atoms with Crippen molar-refractivity contribution in [3.05, 3.63) is 119 Å². The molecule has 0 aliphatic rings. The van der Waals surface area contributed by atoms with Gasteiger partial charge in [-0.15, -0.1) is 0 Å². The summed E-state index contributed by atoms with van der Waals surface area (Å²) in [4.78, 5) is 7.37. The normalized spacial score (nSPS) is 10.2. The minimum absolute atomic E-state index is 0.894. The minimum Gasteiger partial charge on any atom is -0.348 e. The topological polar surface area (TPSA) is 28.7 Å². The number of nitrogens with one attached hydrogen (secondary N) is 1. The fraction of sp³-hybridized carbons (Fsp3) is 0.192. The van der Waals surface area contributed by atoms with E-state index in [1.807, 2.05) is 12.3 Å². The molecule has 0 amide bonds. The third kappa shape index (κ3) is 6.22. The number of aromatic amines is 1. The first-order valence-electron chi connectivity index (χ1n) is 10.1. The number of aromatic nitrogens is 2. The van der Waals surface area contributed by atoms with Crippen molar-refractivity contribution in [3.8, 4) is 0 Å². The van der Waals surface area contributed by atoms with Crippen LogP contribution in [0.5, 0.6) is 0 Å². The first-order chi connectivity index (χ1) is 14.1. The molecule has 1 N–H and O–H groups in total. The molecule has 0 saturated heterocycles. The molecule has 0 unspecified atom stereocenters. The van der Waals surface area contributed by atoms with Gasteiger partial charge in [-0.05, 0) is 49.3 Å². The standard InChI is InChI=1S/C14H14B.C12H14N2/c1-12-7-5-6-8-13(12)11-15-14-9-3-2-4-10-14;1-9-4-3-5-10(2)11(9)8-12-13-6-7-14-12/h2-10H,11H2,1H3;3-7H,8H2,1-2H3,(H,13,14). The van der Waals surface area contributed by atoms with Gasteiger partial charge in [-0.2, -0.15) is 0 Å². The monoisotopic (exact) mass is 379 g/mol. The molecule has 4 rings (SSSR count). The number of aryl methyl sites for hydroxylation is 3. The van der Waals surface area contributed by atoms with E-state index >= 15 is 0 Å². The van der Waals surface area contributed by atoms with Crippen LogP contribution in [0.2, 0.25) is 0 Å². The highest BCUT2D eigenvalue weighted by molar-refractivity contribution is 6.52. The molecule has 1 aromatic heterocycles. The van der Waals surface area contributed by atoms with Crippen molar-refractivity contribution in [2.45, 2.75) is 33.5 Å². The minimum atomic E-state index is 0.894. The molecule has 145 valence electrons. The van der Waals surface area contributed by atoms with Crippen molar-refractivity contribution in [2.75, 3.05) is 0 Å². The van der Waals surface area contributed by atoms with Gasteiger partial charge in [0.05, 0.1) is 0 Å². The second kappa shape index (κ2) is 10.5. The van der Waals surface area contributed by atoms with Crippen LogP contribution in [-0.2, 0) is 12.7 Å². The first-order valence-corrected chi connectivity index (χ1v) is 10.1. The maximum Gasteiger partial charge on any atom is 0.156 e. The van der Waals surface area contributed by atoms with Gasteiger partial charge in [0, 0.05) is 18.8 Å². The highest BCUT2D eigenvalue weighted by Crippen LogP contribution is 2.15. The van der Waals surface area contributed by atoms with E-state index in [1.165, 1.54) is 33.3 Å². The average molecular weight is 379 g/mol. The van der Waals surface area contributed by atoms with E-state index in [2.05, 4.69) is 105 Å². The molecule has 0 aliphatic carbocycles. The molecule has 0 aliphatic heterocycles. The van der Waals surface area contributed by atoms with Gasteiger partial charge in [0.25, 0.3) is 0 Å². The highest BCUT2D eigenvalue weighted by Gasteiger charge is 2.04. The molecular formula is C26H28BN2. The molecule has 2 nitrogen and oxygen atoms in total. The van der Waals surface area contributed by atoms with Crippen molar-refractivity contribution >= 4 is 12.7 Å². The predicted molar refractivity (Wildman–Crippen MR) is 124 cm³/mol. The van der Waals surface area contributed by atoms with E-state index in [0.717, 1.165) is 18.6 Å². The molecule has 0 atom stereocenters. The van der Waals surface area contributed by atoms with Crippen LogP contribution in [0.1, 0.15) is 33.6 Å². The van der Waals surface area contributed by atoms with Gasteiger partial charge in [0.15, 0.2) is 7.28 Å². The fourth-order valence-electron chi connectivity index (χ4n) is 3.35. The Morgan fingerprint density at radius 2 is 1.41 bits per heavy atom. The van der Waals surface area contributed by atoms with E-state index in [0.29, 0.717) is 0 Å². The van der Waals surface area contributed by atoms with Crippen molar-refractivity contribution in [2.24, 2.45) is 0 Å². The zero-order valence-corrected chi connectivity index (χ0v) is 17.5. The van der Waals surface area contributed by atoms with Crippen LogP contribution in [0, 0.1) is 20.8 Å². The van der Waals surface area contributed by atoms with Gasteiger partial charge in [-0.25, -0.2) is 4.98 Å². The Balaban J connectivity index is 0.000000166. The fourth-order valence-corrected chi connectivity index (χ4v) is 3.35. The Hall–Kier alpha value is -3.07. The molecule has 1 heterocycles. The lowest BCUT2D eigenvalue weighted by Gasteiger charge is -2.07. The molecule has 3 aromatic carbocycles. The molecule has 3 heteroatoms. The lowest BCUT2D eigenvalue weighted by atomic mass is 9.65. The summed E-state index contributed by atoms with van der Waals surface area (Å²) in [5, 5.41) is 0. The SMILES string of the molecule is Cc1cccc(C)c1Cc1ncc[nH]1.Cc1ccccc1C[B]c1ccccc1. The van der Waals surface area contributed by atoms with E-state index in [-0.39, 0.29) is 0 Å².